The second-order valence-electron chi connectivity index (χ2n) is 3.20. The van der Waals surface area contributed by atoms with E-state index in [2.05, 4.69) is 15.6 Å². The summed E-state index contributed by atoms with van der Waals surface area (Å²) < 4.78 is 13.0. The topological polar surface area (TPSA) is 54.0 Å². The summed E-state index contributed by atoms with van der Waals surface area (Å²) in [6.07, 6.45) is 2.52. The number of nitrogens with zero attached hydrogens (tertiary/aromatic N) is 1. The first-order valence-electron chi connectivity index (χ1n) is 4.38. The lowest BCUT2D eigenvalue weighted by Crippen LogP contribution is -2.48. The Morgan fingerprint density at radius 2 is 2.43 bits per heavy atom. The summed E-state index contributed by atoms with van der Waals surface area (Å²) in [4.78, 5) is 15.0. The molecule has 1 aromatic heterocycles. The summed E-state index contributed by atoms with van der Waals surface area (Å²) in [7, 11) is 0. The number of carbonyl (C=O) groups is 1. The Labute approximate surface area is 80.5 Å². The maximum absolute atomic E-state index is 13.0. The first-order valence-corrected chi connectivity index (χ1v) is 4.38. The smallest absolute Gasteiger partial charge is 0.230 e. The van der Waals surface area contributed by atoms with E-state index < -0.39 is 5.82 Å². The minimum Gasteiger partial charge on any atom is -0.323 e. The van der Waals surface area contributed by atoms with Gasteiger partial charge in [-0.3, -0.25) is 9.78 Å². The summed E-state index contributed by atoms with van der Waals surface area (Å²) in [5.41, 5.74) is 0.192. The van der Waals surface area contributed by atoms with E-state index >= 15 is 0 Å². The van der Waals surface area contributed by atoms with Crippen LogP contribution in [0.1, 0.15) is 0 Å². The molecule has 0 saturated carbocycles. The molecule has 1 amide bonds. The number of hydrogen-bond acceptors (Lipinski definition) is 3. The van der Waals surface area contributed by atoms with Gasteiger partial charge in [-0.15, -0.1) is 0 Å². The highest BCUT2D eigenvalue weighted by molar-refractivity contribution is 5.93. The van der Waals surface area contributed by atoms with E-state index in [4.69, 9.17) is 0 Å². The first-order chi connectivity index (χ1) is 6.77. The van der Waals surface area contributed by atoms with E-state index in [1.807, 2.05) is 0 Å². The Morgan fingerprint density at radius 1 is 1.64 bits per heavy atom. The molecule has 0 radical (unpaired) electrons. The van der Waals surface area contributed by atoms with Crippen molar-refractivity contribution in [3.8, 4) is 0 Å². The third kappa shape index (κ3) is 1.72. The van der Waals surface area contributed by atoms with Crippen LogP contribution in [0.4, 0.5) is 10.1 Å². The van der Waals surface area contributed by atoms with Gasteiger partial charge in [0.15, 0.2) is 5.82 Å². The molecular weight excluding hydrogens is 185 g/mol. The van der Waals surface area contributed by atoms with E-state index in [1.165, 1.54) is 12.3 Å². The summed E-state index contributed by atoms with van der Waals surface area (Å²) in [5, 5.41) is 5.49. The summed E-state index contributed by atoms with van der Waals surface area (Å²) in [5.74, 6) is -0.690. The predicted molar refractivity (Wildman–Crippen MR) is 49.2 cm³/mol. The highest BCUT2D eigenvalue weighted by atomic mass is 19.1. The molecule has 0 spiro atoms. The third-order valence-electron chi connectivity index (χ3n) is 2.18. The number of aromatic nitrogens is 1. The second kappa shape index (κ2) is 3.71. The lowest BCUT2D eigenvalue weighted by Gasteiger charge is -2.25. The zero-order valence-corrected chi connectivity index (χ0v) is 7.46. The van der Waals surface area contributed by atoms with Crippen LogP contribution in [0.5, 0.6) is 0 Å². The SMILES string of the molecule is O=C(Nc1ccncc1F)C1CNC1. The van der Waals surface area contributed by atoms with Crippen molar-refractivity contribution in [3.05, 3.63) is 24.3 Å². The molecule has 1 aromatic rings. The monoisotopic (exact) mass is 195 g/mol. The van der Waals surface area contributed by atoms with Crippen molar-refractivity contribution >= 4 is 11.6 Å². The molecule has 2 rings (SSSR count). The highest BCUT2D eigenvalue weighted by Gasteiger charge is 2.25. The van der Waals surface area contributed by atoms with Gasteiger partial charge in [0.25, 0.3) is 0 Å². The Kier molecular flexibility index (Phi) is 2.41. The maximum Gasteiger partial charge on any atom is 0.230 e. The van der Waals surface area contributed by atoms with Crippen molar-refractivity contribution in [2.24, 2.45) is 5.92 Å². The van der Waals surface area contributed by atoms with Crippen molar-refractivity contribution in [1.29, 1.82) is 0 Å². The van der Waals surface area contributed by atoms with Crippen LogP contribution >= 0.6 is 0 Å². The fraction of sp³-hybridized carbons (Fsp3) is 0.333. The van der Waals surface area contributed by atoms with Gasteiger partial charge in [-0.1, -0.05) is 0 Å². The molecule has 1 fully saturated rings. The normalized spacial score (nSPS) is 16.1. The van der Waals surface area contributed by atoms with E-state index in [0.717, 1.165) is 6.20 Å². The second-order valence-corrected chi connectivity index (χ2v) is 3.20. The minimum absolute atomic E-state index is 0.0393. The maximum atomic E-state index is 13.0. The molecule has 4 nitrogen and oxygen atoms in total. The van der Waals surface area contributed by atoms with Gasteiger partial charge in [0, 0.05) is 19.3 Å². The molecule has 5 heteroatoms. The van der Waals surface area contributed by atoms with Crippen molar-refractivity contribution in [3.63, 3.8) is 0 Å². The molecule has 0 atom stereocenters. The van der Waals surface area contributed by atoms with Crippen molar-refractivity contribution in [2.45, 2.75) is 0 Å². The van der Waals surface area contributed by atoms with E-state index in [-0.39, 0.29) is 17.5 Å². The molecule has 2 heterocycles. The molecule has 1 aliphatic heterocycles. The van der Waals surface area contributed by atoms with Gasteiger partial charge in [-0.05, 0) is 6.07 Å². The average Bonchev–Trinajstić information content (AvgIpc) is 2.05. The number of halogens is 1. The fourth-order valence-corrected chi connectivity index (χ4v) is 1.19. The Balaban J connectivity index is 2.03. The van der Waals surface area contributed by atoms with Crippen LogP contribution in [0, 0.1) is 11.7 Å². The molecule has 1 aliphatic rings. The molecule has 14 heavy (non-hydrogen) atoms. The lowest BCUT2D eigenvalue weighted by molar-refractivity contribution is -0.121. The lowest BCUT2D eigenvalue weighted by atomic mass is 10.0. The van der Waals surface area contributed by atoms with Gasteiger partial charge in [0.2, 0.25) is 5.91 Å². The van der Waals surface area contributed by atoms with Crippen molar-refractivity contribution in [2.75, 3.05) is 18.4 Å². The molecular formula is C9H10FN3O. The Morgan fingerprint density at radius 3 is 3.00 bits per heavy atom. The summed E-state index contributed by atoms with van der Waals surface area (Å²) in [6, 6.07) is 1.44. The van der Waals surface area contributed by atoms with E-state index in [9.17, 15) is 9.18 Å². The number of pyridine rings is 1. The summed E-state index contributed by atoms with van der Waals surface area (Å²) in [6.45, 7) is 1.33. The molecule has 74 valence electrons. The van der Waals surface area contributed by atoms with Crippen LogP contribution in [-0.4, -0.2) is 24.0 Å². The Bertz CT molecular complexity index is 352. The van der Waals surface area contributed by atoms with Crippen LogP contribution in [0.15, 0.2) is 18.5 Å². The molecule has 0 aromatic carbocycles. The largest absolute Gasteiger partial charge is 0.323 e. The van der Waals surface area contributed by atoms with E-state index in [0.29, 0.717) is 13.1 Å². The van der Waals surface area contributed by atoms with Crippen LogP contribution in [0.2, 0.25) is 0 Å². The predicted octanol–water partition coefficient (Wildman–Crippen LogP) is 0.379. The molecule has 2 N–H and O–H groups in total. The van der Waals surface area contributed by atoms with Crippen LogP contribution in [-0.2, 0) is 4.79 Å². The first kappa shape index (κ1) is 9.08. The highest BCUT2D eigenvalue weighted by Crippen LogP contribution is 2.13. The molecule has 0 aliphatic carbocycles. The minimum atomic E-state index is -0.506. The van der Waals surface area contributed by atoms with Gasteiger partial charge in [-0.25, -0.2) is 4.39 Å². The standard InChI is InChI=1S/C9H10FN3O/c10-7-5-11-2-1-8(7)13-9(14)6-3-12-4-6/h1-2,5-6,12H,3-4H2,(H,11,13,14). The number of amides is 1. The van der Waals surface area contributed by atoms with Crippen molar-refractivity contribution in [1.82, 2.24) is 10.3 Å². The van der Waals surface area contributed by atoms with Crippen LogP contribution in [0.25, 0.3) is 0 Å². The molecule has 0 bridgehead atoms. The average molecular weight is 195 g/mol. The number of nitrogens with one attached hydrogen (secondary N) is 2. The fourth-order valence-electron chi connectivity index (χ4n) is 1.19. The Hall–Kier alpha value is -1.49. The number of carbonyl (C=O) groups excluding carboxylic acids is 1. The van der Waals surface area contributed by atoms with Gasteiger partial charge < -0.3 is 10.6 Å². The van der Waals surface area contributed by atoms with Crippen LogP contribution in [0.3, 0.4) is 0 Å². The number of rotatable bonds is 2. The molecule has 1 saturated heterocycles. The number of hydrogen-bond donors (Lipinski definition) is 2. The van der Waals surface area contributed by atoms with Crippen molar-refractivity contribution < 1.29 is 9.18 Å². The summed E-state index contributed by atoms with van der Waals surface area (Å²) >= 11 is 0. The van der Waals surface area contributed by atoms with Gasteiger partial charge in [0.05, 0.1) is 17.8 Å². The van der Waals surface area contributed by atoms with Crippen LogP contribution < -0.4 is 10.6 Å². The zero-order valence-electron chi connectivity index (χ0n) is 7.46. The third-order valence-corrected chi connectivity index (χ3v) is 2.18. The quantitative estimate of drug-likeness (QED) is 0.717. The van der Waals surface area contributed by atoms with Gasteiger partial charge in [-0.2, -0.15) is 0 Å². The number of anilines is 1. The molecule has 0 unspecified atom stereocenters. The van der Waals surface area contributed by atoms with Gasteiger partial charge in [0.1, 0.15) is 0 Å². The van der Waals surface area contributed by atoms with Gasteiger partial charge >= 0.3 is 0 Å². The van der Waals surface area contributed by atoms with E-state index in [1.54, 1.807) is 0 Å². The zero-order chi connectivity index (χ0) is 9.97.